The molecule has 5 aliphatic carbocycles. The van der Waals surface area contributed by atoms with Gasteiger partial charge in [-0.15, -0.1) is 0 Å². The van der Waals surface area contributed by atoms with E-state index in [0.717, 1.165) is 24.7 Å². The van der Waals surface area contributed by atoms with Gasteiger partial charge in [-0.3, -0.25) is 4.79 Å². The molecule has 0 aliphatic heterocycles. The maximum Gasteiger partial charge on any atom is 0.306 e. The van der Waals surface area contributed by atoms with Gasteiger partial charge in [-0.05, 0) is 115 Å². The Morgan fingerprint density at radius 1 is 0.688 bits per heavy atom. The first-order valence-corrected chi connectivity index (χ1v) is 21.5. The molecular weight excluding hydrogens is 585 g/mol. The average Bonchev–Trinajstić information content (AvgIpc) is 3.02. The lowest BCUT2D eigenvalue weighted by molar-refractivity contribution is -0.212. The van der Waals surface area contributed by atoms with Crippen LogP contribution in [0, 0.1) is 50.2 Å². The van der Waals surface area contributed by atoms with E-state index in [4.69, 9.17) is 4.74 Å². The van der Waals surface area contributed by atoms with E-state index in [-0.39, 0.29) is 17.5 Å². The van der Waals surface area contributed by atoms with E-state index in [1.165, 1.54) is 135 Å². The Morgan fingerprint density at radius 3 is 1.90 bits per heavy atom. The van der Waals surface area contributed by atoms with Crippen LogP contribution in [-0.4, -0.2) is 12.1 Å². The molecule has 48 heavy (non-hydrogen) atoms. The molecular formula is C46H80O2. The molecule has 0 saturated heterocycles. The predicted octanol–water partition coefficient (Wildman–Crippen LogP) is 14.2. The van der Waals surface area contributed by atoms with Gasteiger partial charge in [0.05, 0.1) is 0 Å². The Bertz CT molecular complexity index is 1120. The van der Waals surface area contributed by atoms with E-state index < -0.39 is 0 Å². The molecule has 5 aliphatic rings. The van der Waals surface area contributed by atoms with Gasteiger partial charge in [0.25, 0.3) is 0 Å². The van der Waals surface area contributed by atoms with Crippen molar-refractivity contribution >= 4 is 5.97 Å². The first-order chi connectivity index (χ1) is 22.6. The van der Waals surface area contributed by atoms with Crippen LogP contribution in [0.3, 0.4) is 0 Å². The number of fused-ring (bicyclic) bond motifs is 7. The minimum absolute atomic E-state index is 0.0312. The molecule has 2 nitrogen and oxygen atoms in total. The molecule has 0 aromatic carbocycles. The van der Waals surface area contributed by atoms with Crippen molar-refractivity contribution < 1.29 is 9.53 Å². The van der Waals surface area contributed by atoms with E-state index in [2.05, 4.69) is 68.4 Å². The summed E-state index contributed by atoms with van der Waals surface area (Å²) in [4.78, 5) is 13.2. The Hall–Kier alpha value is -0.790. The monoisotopic (exact) mass is 665 g/mol. The van der Waals surface area contributed by atoms with Crippen molar-refractivity contribution in [1.82, 2.24) is 0 Å². The number of esters is 1. The molecule has 4 fully saturated rings. The van der Waals surface area contributed by atoms with Crippen LogP contribution in [0.2, 0.25) is 0 Å². The zero-order valence-corrected chi connectivity index (χ0v) is 33.7. The van der Waals surface area contributed by atoms with Crippen LogP contribution < -0.4 is 0 Å². The smallest absolute Gasteiger partial charge is 0.306 e. The van der Waals surface area contributed by atoms with Gasteiger partial charge in [-0.2, -0.15) is 0 Å². The summed E-state index contributed by atoms with van der Waals surface area (Å²) in [6.45, 7) is 23.0. The highest BCUT2D eigenvalue weighted by Gasteiger charge is 2.68. The predicted molar refractivity (Wildman–Crippen MR) is 205 cm³/mol. The molecule has 0 aromatic rings. The summed E-state index contributed by atoms with van der Waals surface area (Å²) in [6.07, 6.45) is 34.0. The van der Waals surface area contributed by atoms with Crippen molar-refractivity contribution in [1.29, 1.82) is 0 Å². The van der Waals surface area contributed by atoms with Gasteiger partial charge in [0.15, 0.2) is 0 Å². The lowest BCUT2D eigenvalue weighted by Gasteiger charge is -2.71. The first-order valence-electron chi connectivity index (χ1n) is 21.5. The molecule has 0 aromatic heterocycles. The number of rotatable bonds is 15. The highest BCUT2D eigenvalue weighted by atomic mass is 16.5. The zero-order chi connectivity index (χ0) is 34.8. The fourth-order valence-corrected chi connectivity index (χ4v) is 13.2. The molecule has 2 heteroatoms. The minimum Gasteiger partial charge on any atom is -0.462 e. The molecule has 4 saturated carbocycles. The van der Waals surface area contributed by atoms with Crippen LogP contribution in [0.4, 0.5) is 0 Å². The topological polar surface area (TPSA) is 26.3 Å². The van der Waals surface area contributed by atoms with E-state index in [0.29, 0.717) is 39.4 Å². The number of allylic oxidation sites excluding steroid dienone is 2. The van der Waals surface area contributed by atoms with Crippen LogP contribution in [-0.2, 0) is 9.53 Å². The van der Waals surface area contributed by atoms with Gasteiger partial charge in [0.2, 0.25) is 0 Å². The average molecular weight is 665 g/mol. The van der Waals surface area contributed by atoms with Gasteiger partial charge in [-0.25, -0.2) is 0 Å². The summed E-state index contributed by atoms with van der Waals surface area (Å²) in [5.74, 6) is 2.18. The molecule has 0 radical (unpaired) electrons. The molecule has 0 spiro atoms. The number of ether oxygens (including phenoxy) is 1. The molecule has 2 unspecified atom stereocenters. The second kappa shape index (κ2) is 15.1. The van der Waals surface area contributed by atoms with Gasteiger partial charge in [0, 0.05) is 11.8 Å². The SMILES string of the molecule is CCCCCCCCCCCCCCCC(=O)O[C@H]1CC[C@@]2(C)C(CC[C@]3(C)C2CC=C2[C@@H]4CC(C)(C)CC[C@]4(C)CC[C@]23C)C1(C)C. The van der Waals surface area contributed by atoms with Gasteiger partial charge < -0.3 is 4.74 Å². The van der Waals surface area contributed by atoms with Crippen molar-refractivity contribution in [2.24, 2.45) is 50.2 Å². The van der Waals surface area contributed by atoms with E-state index in [9.17, 15) is 4.79 Å². The van der Waals surface area contributed by atoms with Crippen LogP contribution in [0.25, 0.3) is 0 Å². The summed E-state index contributed by atoms with van der Waals surface area (Å²) in [5, 5.41) is 0. The molecule has 0 heterocycles. The highest BCUT2D eigenvalue weighted by molar-refractivity contribution is 5.69. The van der Waals surface area contributed by atoms with Crippen molar-refractivity contribution in [2.45, 2.75) is 223 Å². The zero-order valence-electron chi connectivity index (χ0n) is 33.7. The van der Waals surface area contributed by atoms with Crippen molar-refractivity contribution in [2.75, 3.05) is 0 Å². The highest BCUT2D eigenvalue weighted by Crippen LogP contribution is 2.75. The molecule has 276 valence electrons. The Balaban J connectivity index is 1.12. The van der Waals surface area contributed by atoms with Crippen molar-refractivity contribution in [3.63, 3.8) is 0 Å². The normalized spacial score (nSPS) is 39.7. The Morgan fingerprint density at radius 2 is 1.27 bits per heavy atom. The summed E-state index contributed by atoms with van der Waals surface area (Å²) < 4.78 is 6.41. The fourth-order valence-electron chi connectivity index (χ4n) is 13.2. The molecule has 0 N–H and O–H groups in total. The van der Waals surface area contributed by atoms with Crippen LogP contribution >= 0.6 is 0 Å². The number of unbranched alkanes of at least 4 members (excludes halogenated alkanes) is 12. The third-order valence-corrected chi connectivity index (χ3v) is 16.8. The Kier molecular flexibility index (Phi) is 12.1. The maximum atomic E-state index is 13.2. The van der Waals surface area contributed by atoms with E-state index >= 15 is 0 Å². The Labute approximate surface area is 299 Å². The summed E-state index contributed by atoms with van der Waals surface area (Å²) in [6, 6.07) is 0. The van der Waals surface area contributed by atoms with Crippen LogP contribution in [0.15, 0.2) is 11.6 Å². The minimum atomic E-state index is 0.0312. The number of hydrogen-bond donors (Lipinski definition) is 0. The lowest BCUT2D eigenvalue weighted by atomic mass is 9.33. The maximum absolute atomic E-state index is 13.2. The first kappa shape index (κ1) is 38.4. The van der Waals surface area contributed by atoms with Gasteiger partial charge in [0.1, 0.15) is 6.10 Å². The van der Waals surface area contributed by atoms with Crippen molar-refractivity contribution in [3.05, 3.63) is 11.6 Å². The fraction of sp³-hybridized carbons (Fsp3) is 0.935. The molecule has 0 bridgehead atoms. The van der Waals surface area contributed by atoms with E-state index in [1.54, 1.807) is 0 Å². The standard InChI is InChI=1S/C46H80O2/c1-10-11-12-13-14-15-16-17-18-19-20-21-22-23-40(47)48-39-27-28-44(7)37(42(39,4)5)26-29-46(9)38(44)25-24-35-36-34-41(2,3)30-31-43(36,6)32-33-45(35,46)8/h24,36-39H,10-23,25-34H2,1-9H3/t36-,37?,38?,39-,43+,44-,45+,46+/m0/s1. The third kappa shape index (κ3) is 7.41. The van der Waals surface area contributed by atoms with E-state index in [1.807, 2.05) is 5.57 Å². The largest absolute Gasteiger partial charge is 0.462 e. The van der Waals surface area contributed by atoms with Crippen molar-refractivity contribution in [3.8, 4) is 0 Å². The second-order valence-electron chi connectivity index (χ2n) is 20.7. The van der Waals surface area contributed by atoms with Crippen LogP contribution in [0.1, 0.15) is 216 Å². The summed E-state index contributed by atoms with van der Waals surface area (Å²) in [7, 11) is 0. The molecule has 8 atom stereocenters. The number of hydrogen-bond acceptors (Lipinski definition) is 2. The third-order valence-electron chi connectivity index (χ3n) is 16.8. The van der Waals surface area contributed by atoms with Crippen LogP contribution in [0.5, 0.6) is 0 Å². The molecule has 0 amide bonds. The second-order valence-corrected chi connectivity index (χ2v) is 20.7. The summed E-state index contributed by atoms with van der Waals surface area (Å²) >= 11 is 0. The number of carbonyl (C=O) groups excluding carboxylic acids is 1. The summed E-state index contributed by atoms with van der Waals surface area (Å²) in [5.41, 5.74) is 3.87. The molecule has 5 rings (SSSR count). The van der Waals surface area contributed by atoms with Gasteiger partial charge in [-0.1, -0.05) is 151 Å². The number of carbonyl (C=O) groups is 1. The van der Waals surface area contributed by atoms with Gasteiger partial charge >= 0.3 is 5.97 Å². The lowest BCUT2D eigenvalue weighted by Crippen LogP contribution is -2.64. The quantitative estimate of drug-likeness (QED) is 0.0989.